The van der Waals surface area contributed by atoms with E-state index in [1.165, 1.54) is 0 Å². The molecule has 0 unspecified atom stereocenters. The molecule has 0 saturated heterocycles. The maximum Gasteiger partial charge on any atom is 0.141 e. The quantitative estimate of drug-likeness (QED) is 0.519. The highest BCUT2D eigenvalue weighted by atomic mass is 16.3. The van der Waals surface area contributed by atoms with E-state index in [9.17, 15) is 10.2 Å². The summed E-state index contributed by atoms with van der Waals surface area (Å²) >= 11 is 0. The molecule has 1 aromatic heterocycles. The van der Waals surface area contributed by atoms with Gasteiger partial charge < -0.3 is 15.5 Å². The van der Waals surface area contributed by atoms with Crippen LogP contribution in [-0.2, 0) is 13.2 Å². The van der Waals surface area contributed by atoms with Gasteiger partial charge in [-0.25, -0.2) is 0 Å². The fourth-order valence-corrected chi connectivity index (χ4v) is 1.58. The maximum absolute atomic E-state index is 9.88. The van der Waals surface area contributed by atoms with Gasteiger partial charge in [0.05, 0.1) is 12.3 Å². The summed E-state index contributed by atoms with van der Waals surface area (Å²) < 4.78 is 0. The minimum Gasteiger partial charge on any atom is -0.506 e. The summed E-state index contributed by atoms with van der Waals surface area (Å²) in [6, 6.07) is 0. The Hall–Kier alpha value is -1.39. The van der Waals surface area contributed by atoms with E-state index in [0.717, 1.165) is 18.5 Å². The molecule has 1 rings (SSSR count). The predicted octanol–water partition coefficient (Wildman–Crippen LogP) is 1.64. The van der Waals surface area contributed by atoms with Crippen molar-refractivity contribution in [3.8, 4) is 5.75 Å². The lowest BCUT2D eigenvalue weighted by molar-refractivity contribution is 0.278. The molecule has 1 aromatic rings. The molecule has 0 radical (unpaired) electrons. The molecule has 0 aromatic carbocycles. The molecule has 4 nitrogen and oxygen atoms in total. The number of aromatic hydroxyl groups is 1. The van der Waals surface area contributed by atoms with Crippen molar-refractivity contribution in [3.05, 3.63) is 35.2 Å². The number of pyridine rings is 1. The molecule has 0 atom stereocenters. The Kier molecular flexibility index (Phi) is 5.66. The molecule has 0 aliphatic carbocycles. The van der Waals surface area contributed by atoms with E-state index in [1.54, 1.807) is 13.1 Å². The zero-order chi connectivity index (χ0) is 12.7. The number of nitrogens with one attached hydrogen (secondary N) is 1. The second-order valence-corrected chi connectivity index (χ2v) is 3.89. The van der Waals surface area contributed by atoms with Crippen molar-refractivity contribution in [2.24, 2.45) is 0 Å². The van der Waals surface area contributed by atoms with Crippen LogP contribution in [0.4, 0.5) is 0 Å². The van der Waals surface area contributed by atoms with Crippen LogP contribution in [-0.4, -0.2) is 21.7 Å². The summed E-state index contributed by atoms with van der Waals surface area (Å²) in [7, 11) is 0. The molecular formula is C13H20N2O2. The lowest BCUT2D eigenvalue weighted by atomic mass is 10.1. The third kappa shape index (κ3) is 3.84. The first-order chi connectivity index (χ1) is 8.20. The van der Waals surface area contributed by atoms with Gasteiger partial charge in [-0.05, 0) is 26.8 Å². The summed E-state index contributed by atoms with van der Waals surface area (Å²) in [4.78, 5) is 4.02. The minimum atomic E-state index is -0.104. The third-order valence-electron chi connectivity index (χ3n) is 2.63. The molecule has 17 heavy (non-hydrogen) atoms. The number of rotatable bonds is 6. The van der Waals surface area contributed by atoms with Gasteiger partial charge in [-0.3, -0.25) is 4.98 Å². The zero-order valence-electron chi connectivity index (χ0n) is 10.4. The Bertz CT molecular complexity index is 389. The molecule has 0 aliphatic rings. The number of aromatic nitrogens is 1. The summed E-state index contributed by atoms with van der Waals surface area (Å²) in [5.41, 5.74) is 2.00. The van der Waals surface area contributed by atoms with Gasteiger partial charge in [0.15, 0.2) is 0 Å². The number of hydrogen-bond acceptors (Lipinski definition) is 4. The van der Waals surface area contributed by atoms with Crippen molar-refractivity contribution >= 4 is 0 Å². The van der Waals surface area contributed by atoms with Crippen LogP contribution in [0.3, 0.4) is 0 Å². The van der Waals surface area contributed by atoms with Gasteiger partial charge in [0.1, 0.15) is 5.75 Å². The van der Waals surface area contributed by atoms with Crippen LogP contribution < -0.4 is 5.32 Å². The normalized spacial score (nSPS) is 11.2. The Morgan fingerprint density at radius 3 is 2.88 bits per heavy atom. The SMILES string of the molecule is C/C=C/CCNCc1c(CO)cnc(C)c1O. The van der Waals surface area contributed by atoms with Crippen LogP contribution in [0, 0.1) is 6.92 Å². The molecule has 0 bridgehead atoms. The van der Waals surface area contributed by atoms with Crippen molar-refractivity contribution in [1.82, 2.24) is 10.3 Å². The van der Waals surface area contributed by atoms with Gasteiger partial charge in [-0.1, -0.05) is 12.2 Å². The molecular weight excluding hydrogens is 216 g/mol. The smallest absolute Gasteiger partial charge is 0.141 e. The predicted molar refractivity (Wildman–Crippen MR) is 67.7 cm³/mol. The van der Waals surface area contributed by atoms with Crippen LogP contribution in [0.5, 0.6) is 5.75 Å². The van der Waals surface area contributed by atoms with Gasteiger partial charge in [-0.2, -0.15) is 0 Å². The van der Waals surface area contributed by atoms with Gasteiger partial charge >= 0.3 is 0 Å². The van der Waals surface area contributed by atoms with E-state index in [0.29, 0.717) is 17.8 Å². The van der Waals surface area contributed by atoms with Crippen LogP contribution in [0.25, 0.3) is 0 Å². The Labute approximate surface area is 102 Å². The molecule has 0 saturated carbocycles. The van der Waals surface area contributed by atoms with Crippen molar-refractivity contribution in [1.29, 1.82) is 0 Å². The minimum absolute atomic E-state index is 0.104. The summed E-state index contributed by atoms with van der Waals surface area (Å²) in [5, 5.41) is 22.3. The van der Waals surface area contributed by atoms with E-state index in [-0.39, 0.29) is 12.4 Å². The molecule has 94 valence electrons. The molecule has 0 aliphatic heterocycles. The van der Waals surface area contributed by atoms with Gasteiger partial charge in [0.25, 0.3) is 0 Å². The average molecular weight is 236 g/mol. The van der Waals surface area contributed by atoms with Gasteiger partial charge in [0.2, 0.25) is 0 Å². The van der Waals surface area contributed by atoms with Crippen molar-refractivity contribution in [2.75, 3.05) is 6.54 Å². The average Bonchev–Trinajstić information content (AvgIpc) is 2.34. The third-order valence-corrected chi connectivity index (χ3v) is 2.63. The molecule has 0 fully saturated rings. The van der Waals surface area contributed by atoms with E-state index >= 15 is 0 Å². The number of aliphatic hydroxyl groups excluding tert-OH is 1. The second-order valence-electron chi connectivity index (χ2n) is 3.89. The first kappa shape index (κ1) is 13.7. The number of nitrogens with zero attached hydrogens (tertiary/aromatic N) is 1. The molecule has 0 spiro atoms. The van der Waals surface area contributed by atoms with Crippen LogP contribution in [0.15, 0.2) is 18.3 Å². The number of aryl methyl sites for hydroxylation is 1. The topological polar surface area (TPSA) is 65.4 Å². The largest absolute Gasteiger partial charge is 0.506 e. The fourth-order valence-electron chi connectivity index (χ4n) is 1.58. The fraction of sp³-hybridized carbons (Fsp3) is 0.462. The van der Waals surface area contributed by atoms with E-state index < -0.39 is 0 Å². The number of hydrogen-bond donors (Lipinski definition) is 3. The highest BCUT2D eigenvalue weighted by molar-refractivity contribution is 5.40. The Morgan fingerprint density at radius 1 is 1.47 bits per heavy atom. The summed E-state index contributed by atoms with van der Waals surface area (Å²) in [6.07, 6.45) is 6.65. The lowest BCUT2D eigenvalue weighted by Crippen LogP contribution is -2.16. The maximum atomic E-state index is 9.88. The van der Waals surface area contributed by atoms with Crippen LogP contribution >= 0.6 is 0 Å². The second kappa shape index (κ2) is 7.04. The van der Waals surface area contributed by atoms with Gasteiger partial charge in [-0.15, -0.1) is 0 Å². The first-order valence-corrected chi connectivity index (χ1v) is 5.79. The molecule has 4 heteroatoms. The van der Waals surface area contributed by atoms with Crippen molar-refractivity contribution in [3.63, 3.8) is 0 Å². The Morgan fingerprint density at radius 2 is 2.24 bits per heavy atom. The summed E-state index contributed by atoms with van der Waals surface area (Å²) in [5.74, 6) is 0.176. The zero-order valence-corrected chi connectivity index (χ0v) is 10.4. The summed E-state index contributed by atoms with van der Waals surface area (Å²) in [6.45, 7) is 5.02. The first-order valence-electron chi connectivity index (χ1n) is 5.79. The van der Waals surface area contributed by atoms with Crippen LogP contribution in [0.2, 0.25) is 0 Å². The van der Waals surface area contributed by atoms with E-state index in [1.807, 2.05) is 13.0 Å². The highest BCUT2D eigenvalue weighted by Gasteiger charge is 2.10. The highest BCUT2D eigenvalue weighted by Crippen LogP contribution is 2.23. The Balaban J connectivity index is 2.65. The van der Waals surface area contributed by atoms with Crippen molar-refractivity contribution in [2.45, 2.75) is 33.4 Å². The van der Waals surface area contributed by atoms with E-state index in [2.05, 4.69) is 16.4 Å². The van der Waals surface area contributed by atoms with Gasteiger partial charge in [0, 0.05) is 23.9 Å². The monoisotopic (exact) mass is 236 g/mol. The molecule has 0 amide bonds. The standard InChI is InChI=1S/C13H20N2O2/c1-3-4-5-6-14-8-12-11(9-16)7-15-10(2)13(12)17/h3-4,7,14,16-17H,5-6,8-9H2,1-2H3/b4-3+. The molecule has 1 heterocycles. The number of allylic oxidation sites excluding steroid dienone is 1. The van der Waals surface area contributed by atoms with Crippen LogP contribution in [0.1, 0.15) is 30.2 Å². The van der Waals surface area contributed by atoms with E-state index in [4.69, 9.17) is 0 Å². The van der Waals surface area contributed by atoms with Crippen molar-refractivity contribution < 1.29 is 10.2 Å². The molecule has 3 N–H and O–H groups in total. The lowest BCUT2D eigenvalue weighted by Gasteiger charge is -2.11. The number of aliphatic hydroxyl groups is 1.